The monoisotopic (exact) mass is 364 g/mol. The molecule has 8 heteroatoms. The van der Waals surface area contributed by atoms with Crippen LogP contribution in [-0.2, 0) is 12.6 Å². The van der Waals surface area contributed by atoms with Gasteiger partial charge in [-0.2, -0.15) is 18.4 Å². The molecule has 0 saturated heterocycles. The second-order valence-electron chi connectivity index (χ2n) is 4.27. The van der Waals surface area contributed by atoms with Gasteiger partial charge in [-0.15, -0.1) is 0 Å². The number of halogens is 6. The van der Waals surface area contributed by atoms with Gasteiger partial charge >= 0.3 is 6.18 Å². The molecule has 0 amide bonds. The van der Waals surface area contributed by atoms with Crippen LogP contribution in [0.4, 0.5) is 13.2 Å². The normalized spacial score (nSPS) is 11.3. The highest BCUT2D eigenvalue weighted by atomic mass is 35.5. The second kappa shape index (κ2) is 6.33. The molecule has 0 spiro atoms. The maximum atomic E-state index is 13.2. The Morgan fingerprint density at radius 2 is 1.68 bits per heavy atom. The van der Waals surface area contributed by atoms with Crippen molar-refractivity contribution in [3.63, 3.8) is 0 Å². The van der Waals surface area contributed by atoms with Crippen LogP contribution in [0.3, 0.4) is 0 Å². The number of pyridine rings is 1. The molecule has 114 valence electrons. The zero-order valence-corrected chi connectivity index (χ0v) is 12.9. The van der Waals surface area contributed by atoms with Crippen molar-refractivity contribution in [3.05, 3.63) is 50.7 Å². The summed E-state index contributed by atoms with van der Waals surface area (Å²) in [7, 11) is 0. The fourth-order valence-electron chi connectivity index (χ4n) is 2.01. The van der Waals surface area contributed by atoms with Gasteiger partial charge in [0.2, 0.25) is 0 Å². The number of nitriles is 1. The summed E-state index contributed by atoms with van der Waals surface area (Å²) < 4.78 is 39.7. The van der Waals surface area contributed by atoms with Crippen molar-refractivity contribution < 1.29 is 13.2 Å². The van der Waals surface area contributed by atoms with Gasteiger partial charge in [-0.1, -0.05) is 34.8 Å². The Morgan fingerprint density at radius 1 is 1.09 bits per heavy atom. The summed E-state index contributed by atoms with van der Waals surface area (Å²) in [5.74, 6) is 0. The first-order valence-electron chi connectivity index (χ1n) is 5.82. The molecule has 0 aliphatic heterocycles. The number of hydrogen-bond acceptors (Lipinski definition) is 2. The number of nitrogens with zero attached hydrogens (tertiary/aromatic N) is 2. The van der Waals surface area contributed by atoms with E-state index in [0.29, 0.717) is 0 Å². The molecule has 0 radical (unpaired) electrons. The standard InChI is InChI=1S/C14H6Cl3F3N2/c15-8-5-9(16)12(10(17)6-8)11-7(1-3-21)2-4-22-13(11)14(18,19)20/h2,4-6H,1H2. The number of hydrogen-bond donors (Lipinski definition) is 0. The van der Waals surface area contributed by atoms with Crippen LogP contribution in [0.25, 0.3) is 11.1 Å². The summed E-state index contributed by atoms with van der Waals surface area (Å²) in [5, 5.41) is 8.93. The van der Waals surface area contributed by atoms with E-state index in [-0.39, 0.29) is 38.2 Å². The molecule has 0 saturated carbocycles. The van der Waals surface area contributed by atoms with Gasteiger partial charge in [0, 0.05) is 22.3 Å². The minimum Gasteiger partial charge on any atom is -0.251 e. The van der Waals surface area contributed by atoms with Crippen molar-refractivity contribution in [3.8, 4) is 17.2 Å². The summed E-state index contributed by atoms with van der Waals surface area (Å²) in [6.07, 6.45) is -3.96. The average molecular weight is 366 g/mol. The van der Waals surface area contributed by atoms with E-state index in [1.54, 1.807) is 0 Å². The quantitative estimate of drug-likeness (QED) is 0.675. The number of aromatic nitrogens is 1. The maximum absolute atomic E-state index is 13.2. The lowest BCUT2D eigenvalue weighted by atomic mass is 9.96. The zero-order chi connectivity index (χ0) is 16.5. The molecule has 2 aromatic rings. The van der Waals surface area contributed by atoms with Crippen LogP contribution in [-0.4, -0.2) is 4.98 Å². The van der Waals surface area contributed by atoms with E-state index < -0.39 is 11.9 Å². The summed E-state index contributed by atoms with van der Waals surface area (Å²) in [6.45, 7) is 0. The molecule has 0 unspecified atom stereocenters. The first kappa shape index (κ1) is 16.9. The first-order valence-corrected chi connectivity index (χ1v) is 6.96. The Bertz CT molecular complexity index is 744. The molecule has 0 N–H and O–H groups in total. The van der Waals surface area contributed by atoms with Crippen molar-refractivity contribution in [2.24, 2.45) is 0 Å². The van der Waals surface area contributed by atoms with Crippen molar-refractivity contribution in [2.45, 2.75) is 12.6 Å². The maximum Gasteiger partial charge on any atom is 0.433 e. The van der Waals surface area contributed by atoms with Crippen molar-refractivity contribution in [2.75, 3.05) is 0 Å². The summed E-state index contributed by atoms with van der Waals surface area (Å²) in [5.41, 5.74) is -1.36. The summed E-state index contributed by atoms with van der Waals surface area (Å²) >= 11 is 17.8. The fraction of sp³-hybridized carbons (Fsp3) is 0.143. The molecule has 22 heavy (non-hydrogen) atoms. The molecule has 0 aliphatic carbocycles. The van der Waals surface area contributed by atoms with Crippen LogP contribution in [0, 0.1) is 11.3 Å². The molecular formula is C14H6Cl3F3N2. The van der Waals surface area contributed by atoms with Crippen LogP contribution >= 0.6 is 34.8 Å². The largest absolute Gasteiger partial charge is 0.433 e. The molecule has 0 bridgehead atoms. The van der Waals surface area contributed by atoms with Crippen LogP contribution in [0.2, 0.25) is 15.1 Å². The smallest absolute Gasteiger partial charge is 0.251 e. The SMILES string of the molecule is N#CCc1ccnc(C(F)(F)F)c1-c1c(Cl)cc(Cl)cc1Cl. The van der Waals surface area contributed by atoms with Crippen molar-refractivity contribution in [1.82, 2.24) is 4.98 Å². The molecular weight excluding hydrogens is 360 g/mol. The van der Waals surface area contributed by atoms with Crippen LogP contribution in [0.15, 0.2) is 24.4 Å². The van der Waals surface area contributed by atoms with Gasteiger partial charge in [0.15, 0.2) is 5.69 Å². The lowest BCUT2D eigenvalue weighted by molar-refractivity contribution is -0.140. The number of rotatable bonds is 2. The van der Waals surface area contributed by atoms with Gasteiger partial charge in [-0.25, -0.2) is 0 Å². The van der Waals surface area contributed by atoms with E-state index in [9.17, 15) is 13.2 Å². The van der Waals surface area contributed by atoms with Gasteiger partial charge < -0.3 is 0 Å². The van der Waals surface area contributed by atoms with E-state index in [1.165, 1.54) is 18.2 Å². The number of benzene rings is 1. The highest BCUT2D eigenvalue weighted by molar-refractivity contribution is 6.41. The van der Waals surface area contributed by atoms with Crippen LogP contribution in [0.5, 0.6) is 0 Å². The van der Waals surface area contributed by atoms with E-state index in [4.69, 9.17) is 40.1 Å². The topological polar surface area (TPSA) is 36.7 Å². The second-order valence-corrected chi connectivity index (χ2v) is 5.52. The van der Waals surface area contributed by atoms with Gasteiger partial charge in [-0.3, -0.25) is 4.98 Å². The number of alkyl halides is 3. The summed E-state index contributed by atoms with van der Waals surface area (Å²) in [6, 6.07) is 5.71. The molecule has 2 rings (SSSR count). The van der Waals surface area contributed by atoms with Crippen LogP contribution in [0.1, 0.15) is 11.3 Å². The Hall–Kier alpha value is -1.48. The molecule has 2 nitrogen and oxygen atoms in total. The predicted molar refractivity (Wildman–Crippen MR) is 79.0 cm³/mol. The molecule has 0 fully saturated rings. The molecule has 1 aromatic carbocycles. The Labute approximate surface area is 139 Å². The third-order valence-corrected chi connectivity index (χ3v) is 3.65. The Morgan fingerprint density at radius 3 is 2.18 bits per heavy atom. The minimum absolute atomic E-state index is 0.0431. The van der Waals surface area contributed by atoms with Gasteiger partial charge in [0.05, 0.1) is 22.5 Å². The molecule has 0 atom stereocenters. The van der Waals surface area contributed by atoms with Gasteiger partial charge in [0.25, 0.3) is 0 Å². The van der Waals surface area contributed by atoms with Crippen molar-refractivity contribution >= 4 is 34.8 Å². The van der Waals surface area contributed by atoms with E-state index in [2.05, 4.69) is 4.98 Å². The molecule has 1 aromatic heterocycles. The van der Waals surface area contributed by atoms with E-state index in [0.717, 1.165) is 6.20 Å². The highest BCUT2D eigenvalue weighted by Gasteiger charge is 2.37. The predicted octanol–water partition coefficient (Wildman–Crippen LogP) is 5.79. The van der Waals surface area contributed by atoms with E-state index in [1.807, 2.05) is 6.07 Å². The Balaban J connectivity index is 2.87. The zero-order valence-electron chi connectivity index (χ0n) is 10.7. The lowest BCUT2D eigenvalue weighted by Crippen LogP contribution is -2.12. The third-order valence-electron chi connectivity index (χ3n) is 2.83. The summed E-state index contributed by atoms with van der Waals surface area (Å²) in [4.78, 5) is 3.39. The average Bonchev–Trinajstić information content (AvgIpc) is 2.38. The molecule has 1 heterocycles. The molecule has 0 aliphatic rings. The highest BCUT2D eigenvalue weighted by Crippen LogP contribution is 2.44. The Kier molecular flexibility index (Phi) is 4.86. The fourth-order valence-corrected chi connectivity index (χ4v) is 3.02. The van der Waals surface area contributed by atoms with Gasteiger partial charge in [0.1, 0.15) is 0 Å². The minimum atomic E-state index is -4.72. The van der Waals surface area contributed by atoms with Gasteiger partial charge in [-0.05, 0) is 23.8 Å². The van der Waals surface area contributed by atoms with E-state index >= 15 is 0 Å². The van der Waals surface area contributed by atoms with Crippen LogP contribution < -0.4 is 0 Å². The third kappa shape index (κ3) is 3.30. The lowest BCUT2D eigenvalue weighted by Gasteiger charge is -2.17. The first-order chi connectivity index (χ1) is 10.3. The van der Waals surface area contributed by atoms with Crippen molar-refractivity contribution in [1.29, 1.82) is 5.26 Å².